The lowest BCUT2D eigenvalue weighted by Gasteiger charge is -2.01. The Kier molecular flexibility index (Phi) is 4.46. The van der Waals surface area contributed by atoms with Crippen LogP contribution in [0.25, 0.3) is 0 Å². The van der Waals surface area contributed by atoms with Crippen molar-refractivity contribution in [3.05, 3.63) is 42.0 Å². The Hall–Kier alpha value is -2.41. The van der Waals surface area contributed by atoms with Crippen molar-refractivity contribution in [2.24, 2.45) is 0 Å². The van der Waals surface area contributed by atoms with E-state index >= 15 is 0 Å². The molecule has 100 valence electrons. The van der Waals surface area contributed by atoms with Crippen LogP contribution in [0.3, 0.4) is 0 Å². The molecule has 0 aliphatic rings. The molecule has 0 amide bonds. The van der Waals surface area contributed by atoms with Gasteiger partial charge in [0.2, 0.25) is 5.82 Å². The molecule has 2 rings (SSSR count). The molecule has 0 fully saturated rings. The van der Waals surface area contributed by atoms with Crippen molar-refractivity contribution in [1.29, 1.82) is 0 Å². The van der Waals surface area contributed by atoms with Crippen molar-refractivity contribution in [1.82, 2.24) is 10.1 Å². The molecule has 19 heavy (non-hydrogen) atoms. The Labute approximate surface area is 108 Å². The van der Waals surface area contributed by atoms with E-state index in [0.29, 0.717) is 11.6 Å². The lowest BCUT2D eigenvalue weighted by atomic mass is 10.3. The molecule has 0 unspecified atom stereocenters. The Balaban J connectivity index is 1.79. The standard InChI is InChI=1S/C12H12N2O5/c15-12(16)8-17-7-11-13-10(14-19-11)6-18-9-4-2-1-3-5-9/h1-5H,6-8H2,(H,15,16). The van der Waals surface area contributed by atoms with E-state index in [4.69, 9.17) is 19.1 Å². The number of hydrogen-bond donors (Lipinski definition) is 1. The topological polar surface area (TPSA) is 94.7 Å². The van der Waals surface area contributed by atoms with E-state index in [1.54, 1.807) is 0 Å². The van der Waals surface area contributed by atoms with Gasteiger partial charge in [-0.2, -0.15) is 4.98 Å². The number of hydrogen-bond acceptors (Lipinski definition) is 6. The summed E-state index contributed by atoms with van der Waals surface area (Å²) in [7, 11) is 0. The number of benzene rings is 1. The highest BCUT2D eigenvalue weighted by molar-refractivity contribution is 5.67. The van der Waals surface area contributed by atoms with Crippen molar-refractivity contribution in [3.63, 3.8) is 0 Å². The fraction of sp³-hybridized carbons (Fsp3) is 0.250. The van der Waals surface area contributed by atoms with Gasteiger partial charge in [0, 0.05) is 0 Å². The molecule has 1 heterocycles. The maximum atomic E-state index is 10.2. The van der Waals surface area contributed by atoms with E-state index in [1.807, 2.05) is 30.3 Å². The molecular weight excluding hydrogens is 252 g/mol. The summed E-state index contributed by atoms with van der Waals surface area (Å²) in [5, 5.41) is 12.1. The molecule has 0 saturated heterocycles. The third kappa shape index (κ3) is 4.40. The first-order valence-electron chi connectivity index (χ1n) is 5.53. The van der Waals surface area contributed by atoms with Crippen LogP contribution in [0.4, 0.5) is 0 Å². The average molecular weight is 264 g/mol. The predicted octanol–water partition coefficient (Wildman–Crippen LogP) is 1.25. The quantitative estimate of drug-likeness (QED) is 0.804. The third-order valence-corrected chi connectivity index (χ3v) is 2.07. The fourth-order valence-corrected chi connectivity index (χ4v) is 1.30. The first-order chi connectivity index (χ1) is 9.24. The SMILES string of the molecule is O=C(O)COCc1nc(COc2ccccc2)no1. The highest BCUT2D eigenvalue weighted by atomic mass is 16.5. The van der Waals surface area contributed by atoms with Crippen LogP contribution in [0.1, 0.15) is 11.7 Å². The fourth-order valence-electron chi connectivity index (χ4n) is 1.30. The Morgan fingerprint density at radius 1 is 1.26 bits per heavy atom. The number of nitrogens with zero attached hydrogens (tertiary/aromatic N) is 2. The highest BCUT2D eigenvalue weighted by Gasteiger charge is 2.08. The molecule has 7 nitrogen and oxygen atoms in total. The van der Waals surface area contributed by atoms with E-state index < -0.39 is 12.6 Å². The summed E-state index contributed by atoms with van der Waals surface area (Å²) in [6.45, 7) is -0.269. The number of para-hydroxylation sites is 1. The zero-order valence-corrected chi connectivity index (χ0v) is 9.98. The van der Waals surface area contributed by atoms with Crippen LogP contribution in [-0.2, 0) is 22.7 Å². The first kappa shape index (κ1) is 13.0. The molecule has 7 heteroatoms. The lowest BCUT2D eigenvalue weighted by molar-refractivity contribution is -0.142. The van der Waals surface area contributed by atoms with Gasteiger partial charge in [-0.3, -0.25) is 0 Å². The van der Waals surface area contributed by atoms with Gasteiger partial charge < -0.3 is 19.1 Å². The second kappa shape index (κ2) is 6.50. The number of ether oxygens (including phenoxy) is 2. The van der Waals surface area contributed by atoms with Gasteiger partial charge in [-0.1, -0.05) is 23.4 Å². The summed E-state index contributed by atoms with van der Waals surface area (Å²) < 4.78 is 15.1. The van der Waals surface area contributed by atoms with Gasteiger partial charge in [0.1, 0.15) is 19.0 Å². The number of carboxylic acids is 1. The van der Waals surface area contributed by atoms with Crippen LogP contribution in [0, 0.1) is 0 Å². The van der Waals surface area contributed by atoms with Gasteiger partial charge in [0.25, 0.3) is 5.89 Å². The minimum absolute atomic E-state index is 0.0371. The second-order valence-electron chi connectivity index (χ2n) is 3.59. The number of carbonyl (C=O) groups is 1. The molecule has 1 aromatic carbocycles. The zero-order chi connectivity index (χ0) is 13.5. The zero-order valence-electron chi connectivity index (χ0n) is 9.98. The van der Waals surface area contributed by atoms with Crippen LogP contribution in [0.15, 0.2) is 34.9 Å². The summed E-state index contributed by atoms with van der Waals surface area (Å²) in [5.74, 6) is 0.244. The summed E-state index contributed by atoms with van der Waals surface area (Å²) >= 11 is 0. The molecule has 0 radical (unpaired) electrons. The van der Waals surface area contributed by atoms with Crippen LogP contribution >= 0.6 is 0 Å². The second-order valence-corrected chi connectivity index (χ2v) is 3.59. The minimum atomic E-state index is -1.05. The normalized spacial score (nSPS) is 10.3. The summed E-state index contributed by atoms with van der Waals surface area (Å²) in [6, 6.07) is 9.24. The lowest BCUT2D eigenvalue weighted by Crippen LogP contribution is -2.06. The predicted molar refractivity (Wildman–Crippen MR) is 62.4 cm³/mol. The molecule has 0 bridgehead atoms. The van der Waals surface area contributed by atoms with Gasteiger partial charge in [-0.05, 0) is 12.1 Å². The Morgan fingerprint density at radius 3 is 2.79 bits per heavy atom. The van der Waals surface area contributed by atoms with E-state index in [0.717, 1.165) is 0 Å². The third-order valence-electron chi connectivity index (χ3n) is 2.07. The van der Waals surface area contributed by atoms with Gasteiger partial charge in [-0.15, -0.1) is 0 Å². The van der Waals surface area contributed by atoms with Gasteiger partial charge >= 0.3 is 5.97 Å². The van der Waals surface area contributed by atoms with Crippen molar-refractivity contribution in [2.75, 3.05) is 6.61 Å². The van der Waals surface area contributed by atoms with Gasteiger partial charge in [0.05, 0.1) is 0 Å². The van der Waals surface area contributed by atoms with E-state index in [-0.39, 0.29) is 19.1 Å². The highest BCUT2D eigenvalue weighted by Crippen LogP contribution is 2.10. The van der Waals surface area contributed by atoms with Crippen LogP contribution in [0.5, 0.6) is 5.75 Å². The van der Waals surface area contributed by atoms with Crippen LogP contribution in [0.2, 0.25) is 0 Å². The van der Waals surface area contributed by atoms with E-state index in [9.17, 15) is 4.79 Å². The van der Waals surface area contributed by atoms with Gasteiger partial charge in [-0.25, -0.2) is 4.79 Å². The van der Waals surface area contributed by atoms with Crippen LogP contribution in [-0.4, -0.2) is 27.8 Å². The number of aliphatic carboxylic acids is 1. The monoisotopic (exact) mass is 264 g/mol. The maximum Gasteiger partial charge on any atom is 0.329 e. The Morgan fingerprint density at radius 2 is 2.05 bits per heavy atom. The smallest absolute Gasteiger partial charge is 0.329 e. The largest absolute Gasteiger partial charge is 0.485 e. The maximum absolute atomic E-state index is 10.2. The first-order valence-corrected chi connectivity index (χ1v) is 5.53. The summed E-state index contributed by atoms with van der Waals surface area (Å²) in [6.07, 6.45) is 0. The van der Waals surface area contributed by atoms with Crippen molar-refractivity contribution in [3.8, 4) is 5.75 Å². The van der Waals surface area contributed by atoms with Crippen molar-refractivity contribution >= 4 is 5.97 Å². The van der Waals surface area contributed by atoms with Crippen LogP contribution < -0.4 is 4.74 Å². The van der Waals surface area contributed by atoms with E-state index in [1.165, 1.54) is 0 Å². The molecule has 0 atom stereocenters. The molecule has 1 N–H and O–H groups in total. The summed E-state index contributed by atoms with van der Waals surface area (Å²) in [4.78, 5) is 14.2. The average Bonchev–Trinajstić information content (AvgIpc) is 2.85. The van der Waals surface area contributed by atoms with E-state index in [2.05, 4.69) is 10.1 Å². The molecule has 2 aromatic rings. The molecular formula is C12H12N2O5. The Bertz CT molecular complexity index is 526. The molecule has 0 aliphatic carbocycles. The van der Waals surface area contributed by atoms with Crippen molar-refractivity contribution < 1.29 is 23.9 Å². The molecule has 0 spiro atoms. The minimum Gasteiger partial charge on any atom is -0.485 e. The summed E-state index contributed by atoms with van der Waals surface area (Å²) in [5.41, 5.74) is 0. The van der Waals surface area contributed by atoms with Gasteiger partial charge in [0.15, 0.2) is 6.61 Å². The number of rotatable bonds is 7. The number of carboxylic acid groups (broad SMARTS) is 1. The molecule has 0 saturated carbocycles. The number of aromatic nitrogens is 2. The molecule has 0 aliphatic heterocycles. The van der Waals surface area contributed by atoms with Crippen molar-refractivity contribution in [2.45, 2.75) is 13.2 Å². The molecule has 1 aromatic heterocycles.